The number of hydrogen-bond acceptors (Lipinski definition) is 3. The van der Waals surface area contributed by atoms with Crippen LogP contribution in [0.5, 0.6) is 0 Å². The number of hydrogen-bond donors (Lipinski definition) is 2. The topological polar surface area (TPSA) is 75.3 Å². The molecule has 0 bridgehead atoms. The van der Waals surface area contributed by atoms with Crippen LogP contribution in [-0.4, -0.2) is 20.9 Å². The molecule has 0 aromatic heterocycles. The van der Waals surface area contributed by atoms with E-state index in [1.807, 2.05) is 4.72 Å². The highest BCUT2D eigenvalue weighted by molar-refractivity contribution is 7.89. The van der Waals surface area contributed by atoms with Crippen molar-refractivity contribution in [2.45, 2.75) is 11.1 Å². The lowest BCUT2D eigenvalue weighted by Gasteiger charge is -2.12. The Kier molecular flexibility index (Phi) is 6.17. The van der Waals surface area contributed by atoms with Gasteiger partial charge >= 0.3 is 6.18 Å². The van der Waals surface area contributed by atoms with Gasteiger partial charge in [-0.3, -0.25) is 4.79 Å². The molecule has 0 saturated heterocycles. The molecule has 0 aliphatic rings. The summed E-state index contributed by atoms with van der Waals surface area (Å²) < 4.78 is 64.2. The first-order valence-electron chi connectivity index (χ1n) is 6.91. The maximum atomic E-state index is 12.7. The van der Waals surface area contributed by atoms with E-state index >= 15 is 0 Å². The Bertz CT molecular complexity index is 917. The van der Waals surface area contributed by atoms with Gasteiger partial charge in [0.25, 0.3) is 0 Å². The molecule has 0 atom stereocenters. The van der Waals surface area contributed by atoms with Crippen molar-refractivity contribution < 1.29 is 26.4 Å². The van der Waals surface area contributed by atoms with Gasteiger partial charge < -0.3 is 5.32 Å². The Morgan fingerprint density at radius 3 is 2.23 bits per heavy atom. The van der Waals surface area contributed by atoms with Gasteiger partial charge in [0.15, 0.2) is 0 Å². The molecule has 2 aromatic carbocycles. The van der Waals surface area contributed by atoms with E-state index in [1.165, 1.54) is 24.3 Å². The molecule has 5 nitrogen and oxygen atoms in total. The Labute approximate surface area is 157 Å². The average molecular weight is 427 g/mol. The number of rotatable bonds is 5. The Morgan fingerprint density at radius 1 is 1.04 bits per heavy atom. The van der Waals surface area contributed by atoms with Crippen molar-refractivity contribution in [1.82, 2.24) is 4.72 Å². The van der Waals surface area contributed by atoms with Crippen LogP contribution in [0.15, 0.2) is 47.4 Å². The minimum absolute atomic E-state index is 0.119. The molecule has 2 rings (SSSR count). The van der Waals surface area contributed by atoms with Crippen LogP contribution < -0.4 is 10.0 Å². The van der Waals surface area contributed by atoms with E-state index in [0.29, 0.717) is 11.1 Å². The molecule has 0 heterocycles. The number of anilines is 1. The van der Waals surface area contributed by atoms with Crippen LogP contribution in [0.3, 0.4) is 0 Å². The van der Waals surface area contributed by atoms with Crippen LogP contribution in [0.2, 0.25) is 10.0 Å². The van der Waals surface area contributed by atoms with E-state index in [1.54, 1.807) is 0 Å². The molecule has 0 saturated carbocycles. The van der Waals surface area contributed by atoms with Crippen molar-refractivity contribution in [3.05, 3.63) is 58.1 Å². The highest BCUT2D eigenvalue weighted by Crippen LogP contribution is 2.33. The van der Waals surface area contributed by atoms with Crippen LogP contribution in [0.25, 0.3) is 0 Å². The number of carbonyl (C=O) groups excluding carboxylic acids is 1. The molecule has 0 spiro atoms. The van der Waals surface area contributed by atoms with Crippen LogP contribution in [-0.2, 0) is 21.0 Å². The van der Waals surface area contributed by atoms with E-state index in [9.17, 15) is 26.4 Å². The fourth-order valence-electron chi connectivity index (χ4n) is 1.85. The van der Waals surface area contributed by atoms with Crippen molar-refractivity contribution in [2.24, 2.45) is 0 Å². The highest BCUT2D eigenvalue weighted by Gasteiger charge is 2.31. The number of carbonyl (C=O) groups is 1. The summed E-state index contributed by atoms with van der Waals surface area (Å²) in [5, 5.41) is 2.35. The second-order valence-corrected chi connectivity index (χ2v) is 7.63. The van der Waals surface area contributed by atoms with Crippen LogP contribution in [0, 0.1) is 0 Å². The second kappa shape index (κ2) is 7.83. The lowest BCUT2D eigenvalue weighted by molar-refractivity contribution is -0.137. The van der Waals surface area contributed by atoms with Crippen molar-refractivity contribution >= 4 is 44.8 Å². The zero-order valence-electron chi connectivity index (χ0n) is 12.8. The van der Waals surface area contributed by atoms with Crippen molar-refractivity contribution in [3.8, 4) is 0 Å². The van der Waals surface area contributed by atoms with Gasteiger partial charge in [0.05, 0.1) is 27.7 Å². The number of sulfonamides is 1. The summed E-state index contributed by atoms with van der Waals surface area (Å²) in [6, 6.07) is 7.61. The molecular weight excluding hydrogens is 416 g/mol. The highest BCUT2D eigenvalue weighted by atomic mass is 35.5. The van der Waals surface area contributed by atoms with Gasteiger partial charge in [-0.15, -0.1) is 0 Å². The lowest BCUT2D eigenvalue weighted by Crippen LogP contribution is -2.33. The molecule has 140 valence electrons. The summed E-state index contributed by atoms with van der Waals surface area (Å²) in [6.07, 6.45) is -4.61. The smallest absolute Gasteiger partial charge is 0.324 e. The molecule has 0 aliphatic heterocycles. The summed E-state index contributed by atoms with van der Waals surface area (Å²) in [6.45, 7) is -0.697. The van der Waals surface area contributed by atoms with Gasteiger partial charge in [-0.25, -0.2) is 13.1 Å². The van der Waals surface area contributed by atoms with Gasteiger partial charge in [-0.2, -0.15) is 13.2 Å². The molecule has 2 N–H and O–H groups in total. The van der Waals surface area contributed by atoms with E-state index in [0.717, 1.165) is 12.1 Å². The number of nitrogens with one attached hydrogen (secondary N) is 2. The predicted molar refractivity (Wildman–Crippen MR) is 91.7 cm³/mol. The number of halogens is 5. The maximum Gasteiger partial charge on any atom is 0.416 e. The van der Waals surface area contributed by atoms with Gasteiger partial charge in [-0.05, 0) is 42.5 Å². The van der Waals surface area contributed by atoms with Crippen molar-refractivity contribution in [2.75, 3.05) is 11.9 Å². The van der Waals surface area contributed by atoms with Crippen molar-refractivity contribution in [1.29, 1.82) is 0 Å². The summed E-state index contributed by atoms with van der Waals surface area (Å²) in [5.74, 6) is -0.885. The summed E-state index contributed by atoms with van der Waals surface area (Å²) >= 11 is 11.4. The van der Waals surface area contributed by atoms with E-state index in [4.69, 9.17) is 23.2 Å². The normalized spacial score (nSPS) is 12.0. The first-order chi connectivity index (χ1) is 12.0. The first-order valence-corrected chi connectivity index (χ1v) is 9.15. The molecule has 11 heteroatoms. The monoisotopic (exact) mass is 426 g/mol. The fraction of sp³-hybridized carbons (Fsp3) is 0.133. The molecule has 0 fully saturated rings. The Morgan fingerprint density at radius 2 is 1.65 bits per heavy atom. The molecule has 0 aliphatic carbocycles. The second-order valence-electron chi connectivity index (χ2n) is 5.02. The standard InChI is InChI=1S/C15H11Cl2F3N2O3S/c16-10-2-4-11(5-3-10)26(24,25)21-8-14(23)22-13-7-9(15(18,19)20)1-6-12(13)17/h1-7,21H,8H2,(H,22,23). The SMILES string of the molecule is O=C(CNS(=O)(=O)c1ccc(Cl)cc1)Nc1cc(C(F)(F)F)ccc1Cl. The molecule has 2 aromatic rings. The van der Waals surface area contributed by atoms with Crippen LogP contribution >= 0.6 is 23.2 Å². The van der Waals surface area contributed by atoms with Crippen molar-refractivity contribution in [3.63, 3.8) is 0 Å². The third-order valence-corrected chi connectivity index (χ3v) is 5.11. The largest absolute Gasteiger partial charge is 0.416 e. The molecule has 1 amide bonds. The average Bonchev–Trinajstić information content (AvgIpc) is 2.54. The van der Waals surface area contributed by atoms with E-state index < -0.39 is 34.2 Å². The van der Waals surface area contributed by atoms with Gasteiger partial charge in [0.1, 0.15) is 0 Å². The fourth-order valence-corrected chi connectivity index (χ4v) is 3.12. The summed E-state index contributed by atoms with van der Waals surface area (Å²) in [5.41, 5.74) is -1.28. The lowest BCUT2D eigenvalue weighted by atomic mass is 10.2. The third-order valence-electron chi connectivity index (χ3n) is 3.11. The quantitative estimate of drug-likeness (QED) is 0.760. The molecule has 0 radical (unpaired) electrons. The summed E-state index contributed by atoms with van der Waals surface area (Å²) in [7, 11) is -3.99. The van der Waals surface area contributed by atoms with Gasteiger partial charge in [0.2, 0.25) is 15.9 Å². The maximum absolute atomic E-state index is 12.7. The first kappa shape index (κ1) is 20.5. The zero-order valence-corrected chi connectivity index (χ0v) is 15.1. The Hall–Kier alpha value is -1.81. The molecular formula is C15H11Cl2F3N2O3S. The number of amides is 1. The van der Waals surface area contributed by atoms with Gasteiger partial charge in [0, 0.05) is 5.02 Å². The van der Waals surface area contributed by atoms with Crippen LogP contribution in [0.1, 0.15) is 5.56 Å². The Balaban J connectivity index is 2.06. The third kappa shape index (κ3) is 5.34. The molecule has 26 heavy (non-hydrogen) atoms. The van der Waals surface area contributed by atoms with E-state index in [-0.39, 0.29) is 15.6 Å². The zero-order chi connectivity index (χ0) is 19.5. The minimum atomic E-state index is -4.61. The predicted octanol–water partition coefficient (Wildman–Crippen LogP) is 3.93. The van der Waals surface area contributed by atoms with Gasteiger partial charge in [-0.1, -0.05) is 23.2 Å². The molecule has 0 unspecified atom stereocenters. The number of alkyl halides is 3. The van der Waals surface area contributed by atoms with E-state index in [2.05, 4.69) is 5.32 Å². The number of benzene rings is 2. The van der Waals surface area contributed by atoms with Crippen LogP contribution in [0.4, 0.5) is 18.9 Å². The summed E-state index contributed by atoms with van der Waals surface area (Å²) in [4.78, 5) is 11.7. The minimum Gasteiger partial charge on any atom is -0.324 e.